The van der Waals surface area contributed by atoms with E-state index in [9.17, 15) is 9.18 Å². The second kappa shape index (κ2) is 6.31. The van der Waals surface area contributed by atoms with Gasteiger partial charge in [0.1, 0.15) is 5.82 Å². The maximum Gasteiger partial charge on any atom is 0.301 e. The number of furan rings is 1. The van der Waals surface area contributed by atoms with Crippen LogP contribution in [0.3, 0.4) is 0 Å². The summed E-state index contributed by atoms with van der Waals surface area (Å²) in [4.78, 5) is 13.5. The quantitative estimate of drug-likeness (QED) is 0.495. The minimum absolute atomic E-state index is 0.207. The van der Waals surface area contributed by atoms with Gasteiger partial charge in [-0.3, -0.25) is 15.1 Å². The fourth-order valence-corrected chi connectivity index (χ4v) is 1.97. The lowest BCUT2D eigenvalue weighted by molar-refractivity contribution is 0.0923. The van der Waals surface area contributed by atoms with Gasteiger partial charge in [-0.25, -0.2) is 10.2 Å². The lowest BCUT2D eigenvalue weighted by Gasteiger charge is -2.16. The van der Waals surface area contributed by atoms with Crippen molar-refractivity contribution < 1.29 is 13.6 Å². The Hall–Kier alpha value is -2.18. The molecule has 5 nitrogen and oxygen atoms in total. The molecule has 1 aromatic carbocycles. The fourth-order valence-electron chi connectivity index (χ4n) is 1.97. The third-order valence-corrected chi connectivity index (χ3v) is 2.89. The Morgan fingerprint density at radius 1 is 1.30 bits per heavy atom. The van der Waals surface area contributed by atoms with Gasteiger partial charge in [-0.1, -0.05) is 12.1 Å². The number of hydrazine groups is 1. The Labute approximate surface area is 116 Å². The number of nitrogens with one attached hydrogen (secondary N) is 1. The smallest absolute Gasteiger partial charge is 0.301 e. The van der Waals surface area contributed by atoms with Crippen LogP contribution in [0.15, 0.2) is 41.0 Å². The SMILES string of the molecule is CN(Cc1ccc(F)cc1)Cc1ccoc1C(=O)NN. The molecule has 0 atom stereocenters. The molecule has 0 spiro atoms. The molecule has 2 rings (SSSR count). The normalized spacial score (nSPS) is 10.8. The Morgan fingerprint density at radius 3 is 2.65 bits per heavy atom. The van der Waals surface area contributed by atoms with Gasteiger partial charge in [0.2, 0.25) is 0 Å². The first-order valence-electron chi connectivity index (χ1n) is 6.10. The predicted octanol–water partition coefficient (Wildman–Crippen LogP) is 1.65. The maximum atomic E-state index is 12.8. The summed E-state index contributed by atoms with van der Waals surface area (Å²) < 4.78 is 17.9. The van der Waals surface area contributed by atoms with E-state index in [1.165, 1.54) is 18.4 Å². The van der Waals surface area contributed by atoms with Gasteiger partial charge in [0.25, 0.3) is 0 Å². The highest BCUT2D eigenvalue weighted by atomic mass is 19.1. The van der Waals surface area contributed by atoms with Crippen molar-refractivity contribution in [1.82, 2.24) is 10.3 Å². The molecule has 1 heterocycles. The summed E-state index contributed by atoms with van der Waals surface area (Å²) in [5, 5.41) is 0. The van der Waals surface area contributed by atoms with E-state index in [0.29, 0.717) is 13.1 Å². The second-order valence-electron chi connectivity index (χ2n) is 4.55. The van der Waals surface area contributed by atoms with Crippen molar-refractivity contribution in [3.8, 4) is 0 Å². The summed E-state index contributed by atoms with van der Waals surface area (Å²) in [5.74, 6) is 4.58. The topological polar surface area (TPSA) is 71.5 Å². The average Bonchev–Trinajstić information content (AvgIpc) is 2.88. The Balaban J connectivity index is 2.01. The molecule has 0 fully saturated rings. The second-order valence-corrected chi connectivity index (χ2v) is 4.55. The molecular formula is C14H16FN3O2. The number of carbonyl (C=O) groups excluding carboxylic acids is 1. The molecule has 106 valence electrons. The molecule has 0 bridgehead atoms. The van der Waals surface area contributed by atoms with Crippen molar-refractivity contribution >= 4 is 5.91 Å². The molecule has 0 saturated carbocycles. The lowest BCUT2D eigenvalue weighted by atomic mass is 10.2. The van der Waals surface area contributed by atoms with E-state index in [0.717, 1.165) is 11.1 Å². The predicted molar refractivity (Wildman–Crippen MR) is 71.9 cm³/mol. The lowest BCUT2D eigenvalue weighted by Crippen LogP contribution is -2.31. The number of rotatable bonds is 5. The zero-order valence-electron chi connectivity index (χ0n) is 11.1. The third kappa shape index (κ3) is 3.43. The summed E-state index contributed by atoms with van der Waals surface area (Å²) in [6.07, 6.45) is 1.45. The number of nitrogens with zero attached hydrogens (tertiary/aromatic N) is 1. The number of hydrogen-bond donors (Lipinski definition) is 2. The maximum absolute atomic E-state index is 12.8. The van der Waals surface area contributed by atoms with Crippen molar-refractivity contribution in [2.45, 2.75) is 13.1 Å². The number of amides is 1. The van der Waals surface area contributed by atoms with E-state index in [4.69, 9.17) is 10.3 Å². The summed E-state index contributed by atoms with van der Waals surface area (Å²) in [5.41, 5.74) is 3.78. The van der Waals surface area contributed by atoms with Crippen LogP contribution in [-0.2, 0) is 13.1 Å². The van der Waals surface area contributed by atoms with Gasteiger partial charge in [0, 0.05) is 18.7 Å². The first-order valence-corrected chi connectivity index (χ1v) is 6.10. The minimum atomic E-state index is -0.458. The first kappa shape index (κ1) is 14.2. The van der Waals surface area contributed by atoms with Crippen LogP contribution in [0.5, 0.6) is 0 Å². The van der Waals surface area contributed by atoms with E-state index < -0.39 is 5.91 Å². The largest absolute Gasteiger partial charge is 0.459 e. The summed E-state index contributed by atoms with van der Waals surface area (Å²) in [6, 6.07) is 8.04. The molecule has 0 radical (unpaired) electrons. The van der Waals surface area contributed by atoms with Crippen LogP contribution in [-0.4, -0.2) is 17.9 Å². The minimum Gasteiger partial charge on any atom is -0.459 e. The van der Waals surface area contributed by atoms with E-state index in [1.54, 1.807) is 18.2 Å². The van der Waals surface area contributed by atoms with Gasteiger partial charge in [-0.2, -0.15) is 0 Å². The van der Waals surface area contributed by atoms with Crippen LogP contribution in [0, 0.1) is 5.82 Å². The molecule has 1 amide bonds. The van der Waals surface area contributed by atoms with Crippen molar-refractivity contribution in [3.63, 3.8) is 0 Å². The van der Waals surface area contributed by atoms with Crippen molar-refractivity contribution in [3.05, 3.63) is 59.3 Å². The van der Waals surface area contributed by atoms with Crippen molar-refractivity contribution in [2.24, 2.45) is 5.84 Å². The summed E-state index contributed by atoms with van der Waals surface area (Å²) in [6.45, 7) is 1.16. The summed E-state index contributed by atoms with van der Waals surface area (Å²) >= 11 is 0. The van der Waals surface area contributed by atoms with E-state index in [2.05, 4.69) is 0 Å². The fraction of sp³-hybridized carbons (Fsp3) is 0.214. The molecule has 2 aromatic rings. The molecule has 0 aliphatic heterocycles. The molecular weight excluding hydrogens is 261 g/mol. The van der Waals surface area contributed by atoms with Gasteiger partial charge >= 0.3 is 5.91 Å². The Kier molecular flexibility index (Phi) is 4.49. The van der Waals surface area contributed by atoms with Crippen LogP contribution in [0.25, 0.3) is 0 Å². The third-order valence-electron chi connectivity index (χ3n) is 2.89. The Bertz CT molecular complexity index is 580. The van der Waals surface area contributed by atoms with Crippen LogP contribution in [0.4, 0.5) is 4.39 Å². The molecule has 3 N–H and O–H groups in total. The molecule has 0 aliphatic rings. The van der Waals surface area contributed by atoms with Gasteiger partial charge in [-0.05, 0) is 30.8 Å². The van der Waals surface area contributed by atoms with Gasteiger partial charge in [0.05, 0.1) is 6.26 Å². The monoisotopic (exact) mass is 277 g/mol. The molecule has 0 aliphatic carbocycles. The van der Waals surface area contributed by atoms with E-state index >= 15 is 0 Å². The Morgan fingerprint density at radius 2 is 2.00 bits per heavy atom. The van der Waals surface area contributed by atoms with Crippen LogP contribution in [0.1, 0.15) is 21.7 Å². The van der Waals surface area contributed by atoms with Gasteiger partial charge < -0.3 is 4.42 Å². The first-order chi connectivity index (χ1) is 9.60. The molecule has 6 heteroatoms. The number of halogens is 1. The standard InChI is InChI=1S/C14H16FN3O2/c1-18(8-10-2-4-12(15)5-3-10)9-11-6-7-20-13(11)14(19)17-16/h2-7H,8-9,16H2,1H3,(H,17,19). The number of benzene rings is 1. The number of nitrogens with two attached hydrogens (primary N) is 1. The van der Waals surface area contributed by atoms with Crippen molar-refractivity contribution in [1.29, 1.82) is 0 Å². The number of hydrogen-bond acceptors (Lipinski definition) is 4. The van der Waals surface area contributed by atoms with E-state index in [1.807, 2.05) is 17.4 Å². The van der Waals surface area contributed by atoms with E-state index in [-0.39, 0.29) is 11.6 Å². The van der Waals surface area contributed by atoms with Gasteiger partial charge in [-0.15, -0.1) is 0 Å². The highest BCUT2D eigenvalue weighted by Crippen LogP contribution is 2.14. The zero-order valence-corrected chi connectivity index (χ0v) is 11.1. The molecule has 1 aromatic heterocycles. The number of carbonyl (C=O) groups is 1. The molecule has 20 heavy (non-hydrogen) atoms. The average molecular weight is 277 g/mol. The highest BCUT2D eigenvalue weighted by molar-refractivity contribution is 5.92. The van der Waals surface area contributed by atoms with Gasteiger partial charge in [0.15, 0.2) is 5.76 Å². The van der Waals surface area contributed by atoms with Crippen LogP contribution < -0.4 is 11.3 Å². The van der Waals surface area contributed by atoms with Crippen LogP contribution in [0.2, 0.25) is 0 Å². The summed E-state index contributed by atoms with van der Waals surface area (Å²) in [7, 11) is 1.90. The zero-order chi connectivity index (χ0) is 14.5. The van der Waals surface area contributed by atoms with Crippen molar-refractivity contribution in [2.75, 3.05) is 7.05 Å². The molecule has 0 unspecified atom stereocenters. The number of nitrogen functional groups attached to an aromatic ring is 1. The molecule has 0 saturated heterocycles. The highest BCUT2D eigenvalue weighted by Gasteiger charge is 2.15. The van der Waals surface area contributed by atoms with Crippen LogP contribution >= 0.6 is 0 Å².